The summed E-state index contributed by atoms with van der Waals surface area (Å²) in [6.07, 6.45) is 2.74. The van der Waals surface area contributed by atoms with Crippen molar-refractivity contribution >= 4 is 16.9 Å². The minimum Gasteiger partial charge on any atom is -0.439 e. The van der Waals surface area contributed by atoms with Crippen molar-refractivity contribution in [3.63, 3.8) is 0 Å². The number of nitrogens with one attached hydrogen (secondary N) is 1. The maximum Gasteiger partial charge on any atom is 0.209 e. The fourth-order valence-corrected chi connectivity index (χ4v) is 3.22. The van der Waals surface area contributed by atoms with Gasteiger partial charge < -0.3 is 9.73 Å². The van der Waals surface area contributed by atoms with E-state index in [1.165, 1.54) is 0 Å². The van der Waals surface area contributed by atoms with Crippen LogP contribution < -0.4 is 5.32 Å². The van der Waals surface area contributed by atoms with E-state index >= 15 is 0 Å². The lowest BCUT2D eigenvalue weighted by atomic mass is 10.1. The van der Waals surface area contributed by atoms with Crippen LogP contribution in [0.25, 0.3) is 11.1 Å². The third kappa shape index (κ3) is 3.62. The van der Waals surface area contributed by atoms with Crippen molar-refractivity contribution in [3.05, 3.63) is 54.0 Å². The molecule has 0 spiro atoms. The lowest BCUT2D eigenvalue weighted by Crippen LogP contribution is -2.23. The number of nitrogens with zero attached hydrogens (tertiary/aromatic N) is 4. The Morgan fingerprint density at radius 2 is 2.20 bits per heavy atom. The number of hydrogen-bond donors (Lipinski definition) is 1. The summed E-state index contributed by atoms with van der Waals surface area (Å²) in [6.45, 7) is 3.69. The third-order valence-corrected chi connectivity index (χ3v) is 4.53. The fraction of sp³-hybridized carbons (Fsp3) is 0.316. The molecule has 4 rings (SSSR count). The topological polar surface area (TPSA) is 78.0 Å². The molecule has 126 valence electrons. The number of aromatic nitrogens is 2. The molecule has 1 aromatic carbocycles. The molecule has 2 aromatic heterocycles. The van der Waals surface area contributed by atoms with Crippen molar-refractivity contribution in [2.24, 2.45) is 5.92 Å². The van der Waals surface area contributed by atoms with Crippen LogP contribution in [0.15, 0.2) is 47.0 Å². The maximum atomic E-state index is 8.80. The predicted molar refractivity (Wildman–Crippen MR) is 94.8 cm³/mol. The molecule has 3 aromatic rings. The molecule has 0 saturated carbocycles. The van der Waals surface area contributed by atoms with Crippen LogP contribution in [0.5, 0.6) is 0 Å². The van der Waals surface area contributed by atoms with Gasteiger partial charge in [0.15, 0.2) is 5.58 Å². The quantitative estimate of drug-likeness (QED) is 0.773. The Labute approximate surface area is 146 Å². The first kappa shape index (κ1) is 15.6. The van der Waals surface area contributed by atoms with Gasteiger partial charge in [-0.3, -0.25) is 4.90 Å². The van der Waals surface area contributed by atoms with E-state index in [1.807, 2.05) is 30.3 Å². The highest BCUT2D eigenvalue weighted by atomic mass is 16.3. The number of nitriles is 1. The average Bonchev–Trinajstić information content (AvgIpc) is 3.26. The van der Waals surface area contributed by atoms with Gasteiger partial charge in [0.2, 0.25) is 5.89 Å². The highest BCUT2D eigenvalue weighted by Crippen LogP contribution is 2.21. The normalized spacial score (nSPS) is 17.6. The molecule has 1 aliphatic heterocycles. The van der Waals surface area contributed by atoms with E-state index in [4.69, 9.17) is 9.68 Å². The van der Waals surface area contributed by atoms with Crippen LogP contribution in [0.4, 0.5) is 5.82 Å². The maximum absolute atomic E-state index is 8.80. The predicted octanol–water partition coefficient (Wildman–Crippen LogP) is 3.03. The highest BCUT2D eigenvalue weighted by Gasteiger charge is 2.23. The number of oxazole rings is 1. The first-order valence-electron chi connectivity index (χ1n) is 8.47. The number of benzene rings is 1. The van der Waals surface area contributed by atoms with Crippen molar-refractivity contribution in [2.75, 3.05) is 25.0 Å². The summed E-state index contributed by atoms with van der Waals surface area (Å²) < 4.78 is 5.81. The molecule has 1 aliphatic rings. The van der Waals surface area contributed by atoms with Gasteiger partial charge in [-0.05, 0) is 43.1 Å². The Balaban J connectivity index is 1.29. The number of rotatable bonds is 5. The van der Waals surface area contributed by atoms with Crippen LogP contribution >= 0.6 is 0 Å². The van der Waals surface area contributed by atoms with E-state index in [9.17, 15) is 0 Å². The average molecular weight is 333 g/mol. The summed E-state index contributed by atoms with van der Waals surface area (Å²) in [5, 5.41) is 12.2. The van der Waals surface area contributed by atoms with Crippen LogP contribution in [0.2, 0.25) is 0 Å². The van der Waals surface area contributed by atoms with Crippen molar-refractivity contribution in [2.45, 2.75) is 13.0 Å². The molecule has 0 amide bonds. The minimum atomic E-state index is 0.571. The molecule has 1 fully saturated rings. The van der Waals surface area contributed by atoms with Gasteiger partial charge in [0, 0.05) is 19.3 Å². The molecular weight excluding hydrogens is 314 g/mol. The van der Waals surface area contributed by atoms with Gasteiger partial charge in [-0.2, -0.15) is 5.26 Å². The molecule has 1 saturated heterocycles. The van der Waals surface area contributed by atoms with E-state index in [0.29, 0.717) is 11.5 Å². The molecule has 0 aliphatic carbocycles. The Bertz CT molecular complexity index is 863. The third-order valence-electron chi connectivity index (χ3n) is 4.53. The zero-order valence-corrected chi connectivity index (χ0v) is 13.9. The van der Waals surface area contributed by atoms with Gasteiger partial charge in [0.05, 0.1) is 12.1 Å². The summed E-state index contributed by atoms with van der Waals surface area (Å²) in [7, 11) is 0. The lowest BCUT2D eigenvalue weighted by Gasteiger charge is -2.14. The molecular formula is C19H19N5O. The Hall–Kier alpha value is -2.91. The second kappa shape index (κ2) is 6.91. The number of likely N-dealkylation sites (tertiary alicyclic amines) is 1. The molecule has 6 heteroatoms. The number of pyridine rings is 1. The molecule has 25 heavy (non-hydrogen) atoms. The Morgan fingerprint density at radius 1 is 1.28 bits per heavy atom. The zero-order chi connectivity index (χ0) is 17.1. The largest absolute Gasteiger partial charge is 0.439 e. The van der Waals surface area contributed by atoms with E-state index < -0.39 is 0 Å². The van der Waals surface area contributed by atoms with E-state index in [-0.39, 0.29) is 0 Å². The summed E-state index contributed by atoms with van der Waals surface area (Å²) in [6, 6.07) is 13.6. The van der Waals surface area contributed by atoms with Crippen LogP contribution in [0.3, 0.4) is 0 Å². The van der Waals surface area contributed by atoms with Gasteiger partial charge in [0.1, 0.15) is 17.4 Å². The fourth-order valence-electron chi connectivity index (χ4n) is 3.22. The van der Waals surface area contributed by atoms with Crippen molar-refractivity contribution in [3.8, 4) is 6.07 Å². The summed E-state index contributed by atoms with van der Waals surface area (Å²) in [5.74, 6) is 2.17. The van der Waals surface area contributed by atoms with Gasteiger partial charge in [0.25, 0.3) is 0 Å². The van der Waals surface area contributed by atoms with Gasteiger partial charge in [-0.25, -0.2) is 9.97 Å². The first-order valence-corrected chi connectivity index (χ1v) is 8.47. The number of para-hydroxylation sites is 2. The van der Waals surface area contributed by atoms with E-state index in [0.717, 1.165) is 55.4 Å². The summed E-state index contributed by atoms with van der Waals surface area (Å²) >= 11 is 0. The first-order chi connectivity index (χ1) is 12.3. The van der Waals surface area contributed by atoms with Gasteiger partial charge in [-0.1, -0.05) is 12.1 Å². The van der Waals surface area contributed by atoms with Gasteiger partial charge >= 0.3 is 0 Å². The molecule has 0 unspecified atom stereocenters. The van der Waals surface area contributed by atoms with E-state index in [2.05, 4.69) is 26.3 Å². The monoisotopic (exact) mass is 333 g/mol. The number of anilines is 1. The van der Waals surface area contributed by atoms with Crippen LogP contribution in [0, 0.1) is 17.2 Å². The molecule has 3 heterocycles. The van der Waals surface area contributed by atoms with Crippen molar-refractivity contribution in [1.82, 2.24) is 14.9 Å². The highest BCUT2D eigenvalue weighted by molar-refractivity contribution is 5.72. The second-order valence-electron chi connectivity index (χ2n) is 6.39. The van der Waals surface area contributed by atoms with Crippen LogP contribution in [0.1, 0.15) is 17.9 Å². The Morgan fingerprint density at radius 3 is 3.00 bits per heavy atom. The Kier molecular flexibility index (Phi) is 4.32. The molecule has 1 atom stereocenters. The standard InChI is InChI=1S/C19H19N5O/c20-9-14-5-6-18(21-10-14)22-11-15-7-8-24(12-15)13-19-23-16-3-1-2-4-17(16)25-19/h1-6,10,15H,7-8,11-13H2,(H,21,22)/t15-/m1/s1. The second-order valence-corrected chi connectivity index (χ2v) is 6.39. The molecule has 6 nitrogen and oxygen atoms in total. The molecule has 0 radical (unpaired) electrons. The SMILES string of the molecule is N#Cc1ccc(NC[C@H]2CCN(Cc3nc4ccccc4o3)C2)nc1. The number of fused-ring (bicyclic) bond motifs is 1. The molecule has 0 bridgehead atoms. The molecule has 1 N–H and O–H groups in total. The van der Waals surface area contributed by atoms with Crippen molar-refractivity contribution < 1.29 is 4.42 Å². The van der Waals surface area contributed by atoms with Crippen LogP contribution in [-0.4, -0.2) is 34.5 Å². The van der Waals surface area contributed by atoms with E-state index in [1.54, 1.807) is 12.3 Å². The van der Waals surface area contributed by atoms with Crippen LogP contribution in [-0.2, 0) is 6.54 Å². The van der Waals surface area contributed by atoms with Gasteiger partial charge in [-0.15, -0.1) is 0 Å². The number of hydrogen-bond acceptors (Lipinski definition) is 6. The van der Waals surface area contributed by atoms with Crippen molar-refractivity contribution in [1.29, 1.82) is 5.26 Å². The summed E-state index contributed by atoms with van der Waals surface area (Å²) in [4.78, 5) is 11.2. The minimum absolute atomic E-state index is 0.571. The zero-order valence-electron chi connectivity index (χ0n) is 13.9. The summed E-state index contributed by atoms with van der Waals surface area (Å²) in [5.41, 5.74) is 2.35. The smallest absolute Gasteiger partial charge is 0.209 e. The lowest BCUT2D eigenvalue weighted by molar-refractivity contribution is 0.286.